The maximum absolute atomic E-state index is 12.3. The summed E-state index contributed by atoms with van der Waals surface area (Å²) in [5.41, 5.74) is 1.71. The first-order chi connectivity index (χ1) is 13.6. The third-order valence-corrected chi connectivity index (χ3v) is 4.72. The third-order valence-electron chi connectivity index (χ3n) is 4.72. The molecule has 0 aliphatic carbocycles. The van der Waals surface area contributed by atoms with Crippen molar-refractivity contribution in [3.63, 3.8) is 0 Å². The van der Waals surface area contributed by atoms with Gasteiger partial charge in [0.15, 0.2) is 5.96 Å². The molecule has 1 saturated heterocycles. The summed E-state index contributed by atoms with van der Waals surface area (Å²) in [6.45, 7) is 7.67. The lowest BCUT2D eigenvalue weighted by molar-refractivity contribution is 0.0420. The molecule has 2 atom stereocenters. The van der Waals surface area contributed by atoms with Crippen molar-refractivity contribution in [3.05, 3.63) is 35.4 Å². The third kappa shape index (κ3) is 7.86. The average molecular weight is 391 g/mol. The predicted octanol–water partition coefficient (Wildman–Crippen LogP) is 2.08. The molecule has 2 rings (SSSR count). The van der Waals surface area contributed by atoms with Gasteiger partial charge in [0.05, 0.1) is 12.7 Å². The average Bonchev–Trinajstić information content (AvgIpc) is 3.23. The van der Waals surface area contributed by atoms with Gasteiger partial charge in [-0.05, 0) is 43.9 Å². The maximum atomic E-state index is 12.3. The van der Waals surface area contributed by atoms with Crippen molar-refractivity contribution in [2.75, 3.05) is 33.4 Å². The van der Waals surface area contributed by atoms with Gasteiger partial charge in [-0.2, -0.15) is 0 Å². The topological polar surface area (TPSA) is 84.0 Å². The van der Waals surface area contributed by atoms with Crippen LogP contribution in [0.3, 0.4) is 0 Å². The second kappa shape index (κ2) is 12.4. The smallest absolute Gasteiger partial charge is 0.251 e. The fourth-order valence-corrected chi connectivity index (χ4v) is 2.81. The highest BCUT2D eigenvalue weighted by atomic mass is 16.5. The van der Waals surface area contributed by atoms with E-state index in [0.29, 0.717) is 25.3 Å². The van der Waals surface area contributed by atoms with Gasteiger partial charge in [-0.15, -0.1) is 0 Å². The fraction of sp³-hybridized carbons (Fsp3) is 0.619. The van der Waals surface area contributed by atoms with Crippen LogP contribution in [0, 0.1) is 0 Å². The minimum absolute atomic E-state index is 0.0358. The Hall–Kier alpha value is -2.12. The molecule has 1 aliphatic rings. The molecule has 3 N–H and O–H groups in total. The lowest BCUT2D eigenvalue weighted by Crippen LogP contribution is -2.37. The second-order valence-corrected chi connectivity index (χ2v) is 7.05. The number of carbonyl (C=O) groups is 1. The van der Waals surface area contributed by atoms with Crippen LogP contribution in [0.25, 0.3) is 0 Å². The van der Waals surface area contributed by atoms with Crippen molar-refractivity contribution in [3.8, 4) is 0 Å². The summed E-state index contributed by atoms with van der Waals surface area (Å²) < 4.78 is 11.1. The Balaban J connectivity index is 1.70. The van der Waals surface area contributed by atoms with Crippen LogP contribution in [0.1, 0.15) is 49.0 Å². The molecule has 7 nitrogen and oxygen atoms in total. The molecule has 2 unspecified atom stereocenters. The molecule has 1 aliphatic heterocycles. The lowest BCUT2D eigenvalue weighted by Gasteiger charge is -2.14. The lowest BCUT2D eigenvalue weighted by atomic mass is 10.1. The zero-order valence-corrected chi connectivity index (χ0v) is 17.3. The number of amides is 1. The molecule has 0 radical (unpaired) electrons. The quantitative estimate of drug-likeness (QED) is 0.324. The van der Waals surface area contributed by atoms with Gasteiger partial charge < -0.3 is 25.4 Å². The van der Waals surface area contributed by atoms with Crippen molar-refractivity contribution in [2.45, 2.75) is 51.8 Å². The summed E-state index contributed by atoms with van der Waals surface area (Å²) >= 11 is 0. The van der Waals surface area contributed by atoms with Crippen molar-refractivity contribution in [1.29, 1.82) is 0 Å². The van der Waals surface area contributed by atoms with E-state index in [-0.39, 0.29) is 18.1 Å². The van der Waals surface area contributed by atoms with E-state index in [9.17, 15) is 4.79 Å². The number of hydrogen-bond donors (Lipinski definition) is 3. The Morgan fingerprint density at radius 1 is 1.39 bits per heavy atom. The van der Waals surface area contributed by atoms with Gasteiger partial charge in [-0.1, -0.05) is 19.1 Å². The van der Waals surface area contributed by atoms with Gasteiger partial charge >= 0.3 is 0 Å². The van der Waals surface area contributed by atoms with Crippen LogP contribution in [0.5, 0.6) is 0 Å². The Labute approximate surface area is 168 Å². The largest absolute Gasteiger partial charge is 0.379 e. The highest BCUT2D eigenvalue weighted by Crippen LogP contribution is 2.08. The van der Waals surface area contributed by atoms with Gasteiger partial charge in [0, 0.05) is 45.0 Å². The van der Waals surface area contributed by atoms with Gasteiger partial charge in [-0.3, -0.25) is 9.79 Å². The molecule has 0 bridgehead atoms. The summed E-state index contributed by atoms with van der Waals surface area (Å²) in [6, 6.07) is 7.82. The zero-order chi connectivity index (χ0) is 20.2. The van der Waals surface area contributed by atoms with Crippen LogP contribution < -0.4 is 16.0 Å². The molecule has 1 fully saturated rings. The standard InChI is InChI=1S/C21H34N4O3/c1-4-16(2)25-20(26)18-8-5-7-17(13-18)14-24-21(22-3)23-10-6-11-28-19-9-12-27-15-19/h5,7-8,13,16,19H,4,6,9-12,14-15H2,1-3H3,(H,25,26)(H2,22,23,24). The van der Waals surface area contributed by atoms with Gasteiger partial charge in [0.2, 0.25) is 0 Å². The van der Waals surface area contributed by atoms with Crippen LogP contribution in [0.2, 0.25) is 0 Å². The van der Waals surface area contributed by atoms with E-state index in [2.05, 4.69) is 27.9 Å². The number of ether oxygens (including phenoxy) is 2. The molecule has 1 amide bonds. The Bertz CT molecular complexity index is 630. The number of nitrogens with zero attached hydrogens (tertiary/aromatic N) is 1. The number of hydrogen-bond acceptors (Lipinski definition) is 4. The molecule has 156 valence electrons. The number of guanidine groups is 1. The van der Waals surface area contributed by atoms with E-state index in [4.69, 9.17) is 9.47 Å². The number of aliphatic imine (C=N–C) groups is 1. The van der Waals surface area contributed by atoms with Gasteiger partial charge in [0.1, 0.15) is 0 Å². The maximum Gasteiger partial charge on any atom is 0.251 e. The summed E-state index contributed by atoms with van der Waals surface area (Å²) in [4.78, 5) is 16.5. The van der Waals surface area contributed by atoms with Crippen LogP contribution >= 0.6 is 0 Å². The first-order valence-corrected chi connectivity index (χ1v) is 10.2. The number of nitrogens with one attached hydrogen (secondary N) is 3. The summed E-state index contributed by atoms with van der Waals surface area (Å²) in [7, 11) is 1.75. The van der Waals surface area contributed by atoms with Crippen LogP contribution in [0.4, 0.5) is 0 Å². The molecular formula is C21H34N4O3. The SMILES string of the molecule is CCC(C)NC(=O)c1cccc(CNC(=NC)NCCCOC2CCOC2)c1. The number of rotatable bonds is 10. The number of benzene rings is 1. The van der Waals surface area contributed by atoms with Gasteiger partial charge in [0.25, 0.3) is 5.91 Å². The van der Waals surface area contributed by atoms with E-state index < -0.39 is 0 Å². The van der Waals surface area contributed by atoms with E-state index in [0.717, 1.165) is 43.9 Å². The van der Waals surface area contributed by atoms with Crippen LogP contribution in [-0.4, -0.2) is 57.4 Å². The van der Waals surface area contributed by atoms with E-state index in [1.54, 1.807) is 7.05 Å². The first-order valence-electron chi connectivity index (χ1n) is 10.2. The minimum atomic E-state index is -0.0358. The Morgan fingerprint density at radius 2 is 2.25 bits per heavy atom. The van der Waals surface area contributed by atoms with Crippen LogP contribution in [0.15, 0.2) is 29.3 Å². The summed E-state index contributed by atoms with van der Waals surface area (Å²) in [5, 5.41) is 9.56. The summed E-state index contributed by atoms with van der Waals surface area (Å²) in [5.74, 6) is 0.699. The molecule has 28 heavy (non-hydrogen) atoms. The van der Waals surface area contributed by atoms with Crippen molar-refractivity contribution in [1.82, 2.24) is 16.0 Å². The Morgan fingerprint density at radius 3 is 2.96 bits per heavy atom. The molecule has 0 aromatic heterocycles. The molecule has 1 heterocycles. The fourth-order valence-electron chi connectivity index (χ4n) is 2.81. The first kappa shape index (κ1) is 22.2. The van der Waals surface area contributed by atoms with Crippen LogP contribution in [-0.2, 0) is 16.0 Å². The van der Waals surface area contributed by atoms with E-state index in [1.165, 1.54) is 0 Å². The zero-order valence-electron chi connectivity index (χ0n) is 17.3. The van der Waals surface area contributed by atoms with Crippen molar-refractivity contribution in [2.24, 2.45) is 4.99 Å². The normalized spacial score (nSPS) is 18.0. The second-order valence-electron chi connectivity index (χ2n) is 7.05. The monoisotopic (exact) mass is 390 g/mol. The summed E-state index contributed by atoms with van der Waals surface area (Å²) in [6.07, 6.45) is 3.06. The molecule has 1 aromatic rings. The van der Waals surface area contributed by atoms with E-state index in [1.807, 2.05) is 31.2 Å². The van der Waals surface area contributed by atoms with Gasteiger partial charge in [-0.25, -0.2) is 0 Å². The Kier molecular flexibility index (Phi) is 9.79. The molecule has 0 spiro atoms. The molecule has 7 heteroatoms. The highest BCUT2D eigenvalue weighted by molar-refractivity contribution is 5.94. The number of carbonyl (C=O) groups excluding carboxylic acids is 1. The van der Waals surface area contributed by atoms with Crippen molar-refractivity contribution < 1.29 is 14.3 Å². The molecular weight excluding hydrogens is 356 g/mol. The van der Waals surface area contributed by atoms with Crippen molar-refractivity contribution >= 4 is 11.9 Å². The minimum Gasteiger partial charge on any atom is -0.379 e. The molecule has 0 saturated carbocycles. The predicted molar refractivity (Wildman–Crippen MR) is 112 cm³/mol. The van der Waals surface area contributed by atoms with E-state index >= 15 is 0 Å². The highest BCUT2D eigenvalue weighted by Gasteiger charge is 2.15. The molecule has 1 aromatic carbocycles.